The molecule has 3 heterocycles. The molecule has 0 bridgehead atoms. The molecule has 0 saturated carbocycles. The maximum absolute atomic E-state index is 6.72. The quantitative estimate of drug-likeness (QED) is 0.746. The van der Waals surface area contributed by atoms with Crippen molar-refractivity contribution >= 4 is 30.0 Å². The average molecular weight is 362 g/mol. The van der Waals surface area contributed by atoms with E-state index in [1.165, 1.54) is 0 Å². The van der Waals surface area contributed by atoms with Crippen LogP contribution >= 0.6 is 11.6 Å². The van der Waals surface area contributed by atoms with E-state index in [1.807, 2.05) is 51.9 Å². The Morgan fingerprint density at radius 3 is 2.60 bits per heavy atom. The summed E-state index contributed by atoms with van der Waals surface area (Å²) in [5, 5.41) is 5.36. The molecule has 3 aliphatic heterocycles. The maximum Gasteiger partial charge on any atom is 0.496 e. The van der Waals surface area contributed by atoms with Gasteiger partial charge in [0.15, 0.2) is 0 Å². The number of ether oxygens (including phenoxy) is 1. The van der Waals surface area contributed by atoms with Crippen LogP contribution in [0.5, 0.6) is 5.75 Å². The predicted octanol–water partition coefficient (Wildman–Crippen LogP) is 0.681. The average Bonchev–Trinajstić information content (AvgIpc) is 2.66. The van der Waals surface area contributed by atoms with Crippen molar-refractivity contribution in [2.45, 2.75) is 38.9 Å². The molecule has 0 amide bonds. The van der Waals surface area contributed by atoms with Crippen LogP contribution in [0.3, 0.4) is 0 Å². The molecule has 0 aliphatic carbocycles. The summed E-state index contributed by atoms with van der Waals surface area (Å²) in [7, 11) is 1.38. The van der Waals surface area contributed by atoms with Crippen LogP contribution in [0.1, 0.15) is 27.7 Å². The second-order valence-electron chi connectivity index (χ2n) is 7.45. The molecule has 132 valence electrons. The van der Waals surface area contributed by atoms with Gasteiger partial charge in [-0.3, -0.25) is 4.99 Å². The molecule has 1 N–H and O–H groups in total. The third-order valence-electron chi connectivity index (χ3n) is 5.29. The van der Waals surface area contributed by atoms with Gasteiger partial charge in [-0.15, -0.1) is 0 Å². The molecule has 1 fully saturated rings. The van der Waals surface area contributed by atoms with E-state index in [9.17, 15) is 0 Å². The molecule has 25 heavy (non-hydrogen) atoms. The van der Waals surface area contributed by atoms with Crippen LogP contribution in [0.4, 0.5) is 0 Å². The van der Waals surface area contributed by atoms with Gasteiger partial charge in [0.2, 0.25) is 0 Å². The number of nitrogens with one attached hydrogen (secondary N) is 1. The van der Waals surface area contributed by atoms with Gasteiger partial charge in [-0.1, -0.05) is 11.6 Å². The third kappa shape index (κ3) is 2.45. The van der Waals surface area contributed by atoms with E-state index in [-0.39, 0.29) is 0 Å². The number of halogens is 1. The van der Waals surface area contributed by atoms with Crippen LogP contribution in [-0.2, 0) is 9.31 Å². The standard InChI is InChI=1S/C17H21BClN3O3/c1-16(2)17(3,4)25-18(24-16)10-8-11-12-14(13(10)19)20-9-21-15(12)22(5)6-7-23-11/h6-8,21H,9H2,1-5H3. The van der Waals surface area contributed by atoms with Crippen LogP contribution in [-0.4, -0.2) is 36.9 Å². The van der Waals surface area contributed by atoms with Gasteiger partial charge in [0.1, 0.15) is 24.5 Å². The normalized spacial score (nSPS) is 22.7. The van der Waals surface area contributed by atoms with Gasteiger partial charge in [-0.2, -0.15) is 0 Å². The molecule has 6 nitrogen and oxygen atoms in total. The largest absolute Gasteiger partial charge is 0.496 e. The van der Waals surface area contributed by atoms with Crippen LogP contribution in [0.2, 0.25) is 5.02 Å². The molecule has 0 unspecified atom stereocenters. The first kappa shape index (κ1) is 16.8. The van der Waals surface area contributed by atoms with Crippen LogP contribution in [0, 0.1) is 0 Å². The lowest BCUT2D eigenvalue weighted by Crippen LogP contribution is -2.47. The van der Waals surface area contributed by atoms with Gasteiger partial charge in [0.05, 0.1) is 26.8 Å². The fourth-order valence-electron chi connectivity index (χ4n) is 3.10. The molecule has 1 aromatic carbocycles. The molecule has 4 rings (SSSR count). The highest BCUT2D eigenvalue weighted by Gasteiger charge is 2.52. The number of hydrogen-bond acceptors (Lipinski definition) is 6. The molecule has 3 aliphatic rings. The summed E-state index contributed by atoms with van der Waals surface area (Å²) in [5.74, 6) is 1.59. The van der Waals surface area contributed by atoms with Crippen molar-refractivity contribution in [3.8, 4) is 5.75 Å². The zero-order chi connectivity index (χ0) is 18.0. The summed E-state index contributed by atoms with van der Waals surface area (Å²) in [6.07, 6.45) is 3.49. The Hall–Kier alpha value is -1.70. The number of rotatable bonds is 1. The van der Waals surface area contributed by atoms with E-state index < -0.39 is 18.3 Å². The van der Waals surface area contributed by atoms with E-state index in [2.05, 4.69) is 10.3 Å². The summed E-state index contributed by atoms with van der Waals surface area (Å²) in [5.41, 5.74) is -0.152. The van der Waals surface area contributed by atoms with Gasteiger partial charge >= 0.3 is 7.12 Å². The van der Waals surface area contributed by atoms with E-state index >= 15 is 0 Å². The van der Waals surface area contributed by atoms with Crippen molar-refractivity contribution in [3.05, 3.63) is 34.1 Å². The highest BCUT2D eigenvalue weighted by molar-refractivity contribution is 6.65. The van der Waals surface area contributed by atoms with Gasteiger partial charge in [-0.05, 0) is 33.8 Å². The minimum Gasteiger partial charge on any atom is -0.463 e. The molecule has 1 saturated heterocycles. The topological polar surface area (TPSA) is 55.3 Å². The summed E-state index contributed by atoms with van der Waals surface area (Å²) < 4.78 is 18.1. The van der Waals surface area contributed by atoms with Gasteiger partial charge in [-0.25, -0.2) is 0 Å². The Labute approximate surface area is 152 Å². The Bertz CT molecular complexity index is 881. The predicted molar refractivity (Wildman–Crippen MR) is 96.9 cm³/mol. The summed E-state index contributed by atoms with van der Waals surface area (Å²) in [4.78, 5) is 6.51. The maximum atomic E-state index is 6.72. The van der Waals surface area contributed by atoms with Crippen LogP contribution < -0.4 is 26.1 Å². The summed E-state index contributed by atoms with van der Waals surface area (Å²) in [6, 6.07) is 1.88. The van der Waals surface area contributed by atoms with Crippen LogP contribution in [0.15, 0.2) is 23.5 Å². The first-order valence-electron chi connectivity index (χ1n) is 8.28. The van der Waals surface area contributed by atoms with E-state index in [4.69, 9.17) is 25.6 Å². The van der Waals surface area contributed by atoms with Gasteiger partial charge < -0.3 is 24.3 Å². The first-order valence-corrected chi connectivity index (χ1v) is 8.66. The Kier molecular flexibility index (Phi) is 3.62. The highest BCUT2D eigenvalue weighted by Crippen LogP contribution is 2.37. The monoisotopic (exact) mass is 361 g/mol. The second kappa shape index (κ2) is 5.40. The fourth-order valence-corrected chi connectivity index (χ4v) is 3.40. The first-order chi connectivity index (χ1) is 11.7. The lowest BCUT2D eigenvalue weighted by atomic mass is 9.78. The zero-order valence-electron chi connectivity index (χ0n) is 15.0. The molecular formula is C17H21BClN3O3. The van der Waals surface area contributed by atoms with E-state index in [0.29, 0.717) is 22.8 Å². The molecule has 0 aromatic heterocycles. The van der Waals surface area contributed by atoms with Crippen molar-refractivity contribution in [2.24, 2.45) is 4.99 Å². The second-order valence-corrected chi connectivity index (χ2v) is 7.82. The summed E-state index contributed by atoms with van der Waals surface area (Å²) >= 11 is 6.72. The summed E-state index contributed by atoms with van der Waals surface area (Å²) in [6.45, 7) is 8.52. The smallest absolute Gasteiger partial charge is 0.463 e. The lowest BCUT2D eigenvalue weighted by molar-refractivity contribution is 0.00578. The minimum absolute atomic E-state index is 0.442. The van der Waals surface area contributed by atoms with Crippen molar-refractivity contribution in [1.29, 1.82) is 0 Å². The number of nitrogens with zero attached hydrogens (tertiary/aromatic N) is 2. The molecule has 0 atom stereocenters. The number of hydrogen-bond donors (Lipinski definition) is 1. The van der Waals surface area contributed by atoms with Crippen molar-refractivity contribution in [1.82, 2.24) is 10.2 Å². The van der Waals surface area contributed by atoms with E-state index in [0.717, 1.165) is 16.5 Å². The van der Waals surface area contributed by atoms with Crippen molar-refractivity contribution in [2.75, 3.05) is 13.7 Å². The minimum atomic E-state index is -0.568. The Morgan fingerprint density at radius 1 is 1.24 bits per heavy atom. The zero-order valence-corrected chi connectivity index (χ0v) is 15.8. The molecule has 8 heteroatoms. The number of benzene rings is 1. The van der Waals surface area contributed by atoms with Crippen molar-refractivity contribution in [3.63, 3.8) is 0 Å². The Balaban J connectivity index is 1.92. The van der Waals surface area contributed by atoms with Gasteiger partial charge in [0.25, 0.3) is 0 Å². The highest BCUT2D eigenvalue weighted by atomic mass is 35.5. The molecule has 0 radical (unpaired) electrons. The SMILES string of the molecule is CN1C=COc2cc(B3OC(C)(C)C(C)(C)O3)c(Cl)c3c2=C1NCN=3. The van der Waals surface area contributed by atoms with Crippen LogP contribution in [0.25, 0.3) is 5.82 Å². The third-order valence-corrected chi connectivity index (χ3v) is 5.69. The fraction of sp³-hybridized carbons (Fsp3) is 0.471. The molecule has 0 spiro atoms. The van der Waals surface area contributed by atoms with Gasteiger partial charge in [0, 0.05) is 18.7 Å². The molecular weight excluding hydrogens is 340 g/mol. The van der Waals surface area contributed by atoms with Crippen molar-refractivity contribution < 1.29 is 14.0 Å². The lowest BCUT2D eigenvalue weighted by Gasteiger charge is -2.32. The Morgan fingerprint density at radius 2 is 1.92 bits per heavy atom. The molecule has 1 aromatic rings. The van der Waals surface area contributed by atoms with E-state index in [1.54, 1.807) is 6.26 Å².